The van der Waals surface area contributed by atoms with Gasteiger partial charge in [-0.1, -0.05) is 70.4 Å². The fourth-order valence-electron chi connectivity index (χ4n) is 5.16. The van der Waals surface area contributed by atoms with Crippen molar-refractivity contribution < 1.29 is 23.7 Å². The first-order valence-corrected chi connectivity index (χ1v) is 17.0. The number of nitrogens with zero attached hydrogens (tertiary/aromatic N) is 2. The largest absolute Gasteiger partial charge is 0.491 e. The molecule has 8 nitrogen and oxygen atoms in total. The van der Waals surface area contributed by atoms with Crippen LogP contribution in [-0.2, 0) is 16.1 Å². The summed E-state index contributed by atoms with van der Waals surface area (Å²) in [5.74, 6) is 0.784. The van der Waals surface area contributed by atoms with Crippen molar-refractivity contribution in [3.8, 4) is 17.2 Å². The molecule has 0 bridgehead atoms. The molecule has 2 heterocycles. The van der Waals surface area contributed by atoms with Gasteiger partial charge >= 0.3 is 5.97 Å². The fourth-order valence-corrected chi connectivity index (χ4v) is 6.80. The van der Waals surface area contributed by atoms with Crippen LogP contribution in [0.2, 0.25) is 15.1 Å². The van der Waals surface area contributed by atoms with Crippen molar-refractivity contribution in [2.45, 2.75) is 53.4 Å². The van der Waals surface area contributed by atoms with Gasteiger partial charge in [0, 0.05) is 5.56 Å². The molecule has 1 aliphatic heterocycles. The number of esters is 1. The molecule has 1 atom stereocenters. The number of ether oxygens (including phenoxy) is 4. The fraction of sp³-hybridized carbons (Fsp3) is 0.286. The Morgan fingerprint density at radius 3 is 2.45 bits per heavy atom. The second kappa shape index (κ2) is 15.0. The van der Waals surface area contributed by atoms with Crippen molar-refractivity contribution in [3.63, 3.8) is 0 Å². The van der Waals surface area contributed by atoms with E-state index in [2.05, 4.69) is 4.99 Å². The lowest BCUT2D eigenvalue weighted by Crippen LogP contribution is -2.40. The molecular formula is C35H33Cl3N2O6S. The Morgan fingerprint density at radius 1 is 0.979 bits per heavy atom. The predicted molar refractivity (Wildman–Crippen MR) is 186 cm³/mol. The third-order valence-electron chi connectivity index (χ3n) is 7.09. The molecule has 0 spiro atoms. The summed E-state index contributed by atoms with van der Waals surface area (Å²) < 4.78 is 25.4. The minimum Gasteiger partial charge on any atom is -0.491 e. The van der Waals surface area contributed by atoms with Crippen molar-refractivity contribution in [2.24, 2.45) is 4.99 Å². The molecule has 12 heteroatoms. The first-order chi connectivity index (χ1) is 22.5. The molecule has 5 rings (SSSR count). The van der Waals surface area contributed by atoms with Gasteiger partial charge in [-0.15, -0.1) is 0 Å². The van der Waals surface area contributed by atoms with Gasteiger partial charge in [0.2, 0.25) is 0 Å². The van der Waals surface area contributed by atoms with E-state index in [0.29, 0.717) is 65.1 Å². The van der Waals surface area contributed by atoms with Crippen LogP contribution in [0.1, 0.15) is 57.4 Å². The average molecular weight is 716 g/mol. The van der Waals surface area contributed by atoms with Gasteiger partial charge in [0.25, 0.3) is 5.56 Å². The number of halogens is 3. The van der Waals surface area contributed by atoms with Crippen molar-refractivity contribution >= 4 is 58.2 Å². The number of hydrogen-bond acceptors (Lipinski definition) is 8. The number of thiazole rings is 1. The van der Waals surface area contributed by atoms with Crippen LogP contribution < -0.4 is 29.1 Å². The Labute approximate surface area is 291 Å². The van der Waals surface area contributed by atoms with Crippen LogP contribution in [0.5, 0.6) is 17.2 Å². The first kappa shape index (κ1) is 34.6. The van der Waals surface area contributed by atoms with Crippen LogP contribution in [0, 0.1) is 0 Å². The van der Waals surface area contributed by atoms with Crippen molar-refractivity contribution in [1.29, 1.82) is 0 Å². The number of benzene rings is 3. The number of fused-ring (bicyclic) bond motifs is 1. The smallest absolute Gasteiger partial charge is 0.338 e. The molecular weight excluding hydrogens is 683 g/mol. The van der Waals surface area contributed by atoms with Crippen LogP contribution in [-0.4, -0.2) is 29.9 Å². The molecule has 0 saturated heterocycles. The molecule has 0 N–H and O–H groups in total. The van der Waals surface area contributed by atoms with E-state index in [1.807, 2.05) is 51.1 Å². The predicted octanol–water partition coefficient (Wildman–Crippen LogP) is 7.52. The Morgan fingerprint density at radius 2 is 1.74 bits per heavy atom. The molecule has 0 aliphatic carbocycles. The summed E-state index contributed by atoms with van der Waals surface area (Å²) in [6.45, 7) is 9.88. The van der Waals surface area contributed by atoms with Gasteiger partial charge in [0.05, 0.1) is 50.2 Å². The van der Waals surface area contributed by atoms with Crippen molar-refractivity contribution in [2.75, 3.05) is 13.2 Å². The highest BCUT2D eigenvalue weighted by Crippen LogP contribution is 2.39. The van der Waals surface area contributed by atoms with Gasteiger partial charge in [-0.25, -0.2) is 9.79 Å². The SMILES string of the molecule is CCOC(=O)C1=C(C)N=c2s/c(=C/c3cc(Cl)c(OCc4ccc(Cl)c(Cl)c4)c(OCC)c3)c(=O)n2[C@H]1c1ccccc1OC(C)C. The summed E-state index contributed by atoms with van der Waals surface area (Å²) in [5, 5.41) is 1.17. The number of carbonyl (C=O) groups excluding carboxylic acids is 1. The lowest BCUT2D eigenvalue weighted by Gasteiger charge is -2.26. The normalized spacial score (nSPS) is 14.6. The maximum absolute atomic E-state index is 14.2. The van der Waals surface area contributed by atoms with Gasteiger partial charge in [-0.3, -0.25) is 9.36 Å². The lowest BCUT2D eigenvalue weighted by atomic mass is 9.95. The quantitative estimate of drug-likeness (QED) is 0.149. The molecule has 1 aromatic heterocycles. The monoisotopic (exact) mass is 714 g/mol. The van der Waals surface area contributed by atoms with Gasteiger partial charge in [0.15, 0.2) is 16.3 Å². The first-order valence-electron chi connectivity index (χ1n) is 15.0. The minimum absolute atomic E-state index is 0.136. The zero-order chi connectivity index (χ0) is 33.8. The van der Waals surface area contributed by atoms with Gasteiger partial charge in [0.1, 0.15) is 18.4 Å². The molecule has 47 heavy (non-hydrogen) atoms. The van der Waals surface area contributed by atoms with E-state index in [1.165, 1.54) is 15.9 Å². The van der Waals surface area contributed by atoms with Crippen molar-refractivity contribution in [1.82, 2.24) is 4.57 Å². The molecule has 0 saturated carbocycles. The average Bonchev–Trinajstić information content (AvgIpc) is 3.31. The standard InChI is InChI=1S/C35H33Cl3N2O6S/c1-6-43-28-16-22(15-26(38)32(28)45-18-21-12-13-24(36)25(37)14-21)17-29-33(41)40-31(23-10-8-9-11-27(23)46-19(3)4)30(34(42)44-7-2)20(5)39-35(40)47-29/h8-17,19,31H,6-7,18H2,1-5H3/b29-17+/t31-/m0/s1. The summed E-state index contributed by atoms with van der Waals surface area (Å²) in [5.41, 5.74) is 2.47. The molecule has 3 aromatic carbocycles. The maximum Gasteiger partial charge on any atom is 0.338 e. The van der Waals surface area contributed by atoms with Crippen LogP contribution >= 0.6 is 46.1 Å². The van der Waals surface area contributed by atoms with E-state index in [9.17, 15) is 9.59 Å². The summed E-state index contributed by atoms with van der Waals surface area (Å²) >= 11 is 20.1. The maximum atomic E-state index is 14.2. The molecule has 0 amide bonds. The number of carbonyl (C=O) groups is 1. The number of hydrogen-bond donors (Lipinski definition) is 0. The zero-order valence-corrected chi connectivity index (χ0v) is 29.5. The molecule has 246 valence electrons. The Kier molecular flexibility index (Phi) is 11.0. The van der Waals surface area contributed by atoms with E-state index >= 15 is 0 Å². The molecule has 0 fully saturated rings. The Hall–Kier alpha value is -3.76. The summed E-state index contributed by atoms with van der Waals surface area (Å²) in [6.07, 6.45) is 1.58. The highest BCUT2D eigenvalue weighted by molar-refractivity contribution is 7.07. The Bertz CT molecular complexity index is 2040. The van der Waals surface area contributed by atoms with Gasteiger partial charge in [-0.05, 0) is 82.2 Å². The number of aromatic nitrogens is 1. The van der Waals surface area contributed by atoms with E-state index < -0.39 is 12.0 Å². The van der Waals surface area contributed by atoms with Crippen LogP contribution in [0.3, 0.4) is 0 Å². The minimum atomic E-state index is -0.817. The van der Waals surface area contributed by atoms with E-state index in [0.717, 1.165) is 5.56 Å². The summed E-state index contributed by atoms with van der Waals surface area (Å²) in [4.78, 5) is 32.6. The van der Waals surface area contributed by atoms with Crippen molar-refractivity contribution in [3.05, 3.63) is 117 Å². The molecule has 0 unspecified atom stereocenters. The highest BCUT2D eigenvalue weighted by atomic mass is 35.5. The van der Waals surface area contributed by atoms with Gasteiger partial charge < -0.3 is 18.9 Å². The molecule has 1 aliphatic rings. The number of para-hydroxylation sites is 1. The highest BCUT2D eigenvalue weighted by Gasteiger charge is 2.35. The summed E-state index contributed by atoms with van der Waals surface area (Å²) in [7, 11) is 0. The van der Waals surface area contributed by atoms with E-state index in [-0.39, 0.29) is 30.5 Å². The van der Waals surface area contributed by atoms with Crippen LogP contribution in [0.15, 0.2) is 75.7 Å². The number of allylic oxidation sites excluding steroid dienone is 1. The van der Waals surface area contributed by atoms with E-state index in [1.54, 1.807) is 44.2 Å². The second-order valence-electron chi connectivity index (χ2n) is 10.8. The van der Waals surface area contributed by atoms with Gasteiger partial charge in [-0.2, -0.15) is 0 Å². The number of rotatable bonds is 11. The summed E-state index contributed by atoms with van der Waals surface area (Å²) in [6, 6.07) is 15.2. The van der Waals surface area contributed by atoms with E-state index in [4.69, 9.17) is 53.8 Å². The zero-order valence-electron chi connectivity index (χ0n) is 26.4. The lowest BCUT2D eigenvalue weighted by molar-refractivity contribution is -0.139. The second-order valence-corrected chi connectivity index (χ2v) is 13.0. The molecule has 0 radical (unpaired) electrons. The van der Waals surface area contributed by atoms with Crippen LogP contribution in [0.25, 0.3) is 6.08 Å². The third kappa shape index (κ3) is 7.54. The Balaban J connectivity index is 1.60. The third-order valence-corrected chi connectivity index (χ3v) is 9.09. The van der Waals surface area contributed by atoms with Crippen LogP contribution in [0.4, 0.5) is 0 Å². The molecule has 4 aromatic rings. The topological polar surface area (TPSA) is 88.4 Å².